The molecule has 1 aliphatic rings. The molecule has 0 spiro atoms. The predicted molar refractivity (Wildman–Crippen MR) is 91.9 cm³/mol. The first-order chi connectivity index (χ1) is 11.5. The van der Waals surface area contributed by atoms with Crippen molar-refractivity contribution >= 4 is 34.9 Å². The van der Waals surface area contributed by atoms with Crippen molar-refractivity contribution in [2.45, 2.75) is 6.92 Å². The summed E-state index contributed by atoms with van der Waals surface area (Å²) < 4.78 is 4.76. The Morgan fingerprint density at radius 1 is 1.42 bits per heavy atom. The highest BCUT2D eigenvalue weighted by atomic mass is 35.5. The van der Waals surface area contributed by atoms with E-state index in [1.165, 1.54) is 12.0 Å². The molecular formula is C16H20ClN3O4. The molecular weight excluding hydrogens is 334 g/mol. The van der Waals surface area contributed by atoms with Gasteiger partial charge in [0.25, 0.3) is 5.91 Å². The second-order valence-electron chi connectivity index (χ2n) is 5.14. The molecule has 0 unspecified atom stereocenters. The van der Waals surface area contributed by atoms with Crippen LogP contribution in [-0.4, -0.2) is 55.2 Å². The predicted octanol–water partition coefficient (Wildman–Crippen LogP) is 1.45. The van der Waals surface area contributed by atoms with E-state index in [1.54, 1.807) is 18.2 Å². The highest BCUT2D eigenvalue weighted by Crippen LogP contribution is 2.30. The van der Waals surface area contributed by atoms with Gasteiger partial charge in [-0.2, -0.15) is 0 Å². The number of ether oxygens (including phenoxy) is 1. The molecule has 0 bridgehead atoms. The van der Waals surface area contributed by atoms with Crippen molar-refractivity contribution < 1.29 is 19.4 Å². The minimum Gasteiger partial charge on any atom is -0.466 e. The average molecular weight is 354 g/mol. The Hall–Kier alpha value is -2.25. The molecule has 0 atom stereocenters. The summed E-state index contributed by atoms with van der Waals surface area (Å²) in [6, 6.07) is 5.19. The lowest BCUT2D eigenvalue weighted by Gasteiger charge is -2.16. The molecule has 1 aliphatic heterocycles. The normalized spacial score (nSPS) is 14.2. The van der Waals surface area contributed by atoms with E-state index in [0.29, 0.717) is 17.3 Å². The zero-order valence-electron chi connectivity index (χ0n) is 13.6. The summed E-state index contributed by atoms with van der Waals surface area (Å²) >= 11 is 6.04. The van der Waals surface area contributed by atoms with E-state index >= 15 is 0 Å². The second-order valence-corrected chi connectivity index (χ2v) is 5.58. The summed E-state index contributed by atoms with van der Waals surface area (Å²) in [5.41, 5.74) is 1.70. The first kappa shape index (κ1) is 18.1. The Morgan fingerprint density at radius 2 is 2.17 bits per heavy atom. The first-order valence-electron chi connectivity index (χ1n) is 7.53. The van der Waals surface area contributed by atoms with Gasteiger partial charge in [0.1, 0.15) is 5.70 Å². The molecule has 8 heteroatoms. The number of anilines is 2. The van der Waals surface area contributed by atoms with Crippen LogP contribution in [-0.2, 0) is 14.3 Å². The van der Waals surface area contributed by atoms with Crippen molar-refractivity contribution in [2.75, 3.05) is 44.0 Å². The molecule has 1 aromatic carbocycles. The van der Waals surface area contributed by atoms with Crippen LogP contribution in [0.15, 0.2) is 29.5 Å². The monoisotopic (exact) mass is 353 g/mol. The SMILES string of the molecule is CCNc1ccc(Cl)cc1NC1=C(C(=O)OC)CN(CCO)C1=O. The highest BCUT2D eigenvalue weighted by Gasteiger charge is 2.34. The van der Waals surface area contributed by atoms with Crippen molar-refractivity contribution in [2.24, 2.45) is 0 Å². The Morgan fingerprint density at radius 3 is 2.79 bits per heavy atom. The molecule has 7 nitrogen and oxygen atoms in total. The topological polar surface area (TPSA) is 90.9 Å². The van der Waals surface area contributed by atoms with Crippen molar-refractivity contribution in [3.63, 3.8) is 0 Å². The smallest absolute Gasteiger partial charge is 0.337 e. The fraction of sp³-hybridized carbons (Fsp3) is 0.375. The number of aliphatic hydroxyl groups is 1. The van der Waals surface area contributed by atoms with E-state index in [-0.39, 0.29) is 36.9 Å². The number of hydrogen-bond acceptors (Lipinski definition) is 6. The molecule has 0 aromatic heterocycles. The number of nitrogens with zero attached hydrogens (tertiary/aromatic N) is 1. The second kappa shape index (κ2) is 8.03. The Kier molecular flexibility index (Phi) is 6.05. The summed E-state index contributed by atoms with van der Waals surface area (Å²) in [5.74, 6) is -0.954. The zero-order valence-corrected chi connectivity index (χ0v) is 14.3. The lowest BCUT2D eigenvalue weighted by molar-refractivity contribution is -0.136. The summed E-state index contributed by atoms with van der Waals surface area (Å²) in [5, 5.41) is 15.7. The van der Waals surface area contributed by atoms with Crippen molar-refractivity contribution in [1.82, 2.24) is 4.90 Å². The first-order valence-corrected chi connectivity index (χ1v) is 7.91. The summed E-state index contributed by atoms with van der Waals surface area (Å²) in [6.45, 7) is 2.67. The largest absolute Gasteiger partial charge is 0.466 e. The number of β-amino-alcohol motifs (C(OH)–C–C–N with tert-alkyl or cyclic N) is 1. The fourth-order valence-electron chi connectivity index (χ4n) is 2.45. The molecule has 0 saturated heterocycles. The lowest BCUT2D eigenvalue weighted by Crippen LogP contribution is -2.31. The van der Waals surface area contributed by atoms with Gasteiger partial charge in [0.05, 0.1) is 37.2 Å². The van der Waals surface area contributed by atoms with E-state index in [1.807, 2.05) is 6.92 Å². The van der Waals surface area contributed by atoms with E-state index in [4.69, 9.17) is 21.4 Å². The van der Waals surface area contributed by atoms with Crippen LogP contribution in [0.4, 0.5) is 11.4 Å². The third kappa shape index (κ3) is 3.80. The molecule has 0 radical (unpaired) electrons. The number of esters is 1. The highest BCUT2D eigenvalue weighted by molar-refractivity contribution is 6.31. The quantitative estimate of drug-likeness (QED) is 0.643. The fourth-order valence-corrected chi connectivity index (χ4v) is 2.62. The summed E-state index contributed by atoms with van der Waals surface area (Å²) in [6.07, 6.45) is 0. The van der Waals surface area contributed by atoms with Crippen LogP contribution in [0.5, 0.6) is 0 Å². The average Bonchev–Trinajstić information content (AvgIpc) is 2.87. The van der Waals surface area contributed by atoms with Crippen molar-refractivity contribution in [3.05, 3.63) is 34.5 Å². The number of nitrogens with one attached hydrogen (secondary N) is 2. The van der Waals surface area contributed by atoms with Crippen LogP contribution < -0.4 is 10.6 Å². The van der Waals surface area contributed by atoms with Gasteiger partial charge < -0.3 is 25.4 Å². The Labute approximate surface area is 145 Å². The number of amides is 1. The van der Waals surface area contributed by atoms with Gasteiger partial charge in [0.15, 0.2) is 0 Å². The van der Waals surface area contributed by atoms with Gasteiger partial charge in [-0.15, -0.1) is 0 Å². The molecule has 1 heterocycles. The van der Waals surface area contributed by atoms with E-state index in [2.05, 4.69) is 10.6 Å². The number of benzene rings is 1. The number of rotatable bonds is 7. The molecule has 0 fully saturated rings. The maximum atomic E-state index is 12.5. The number of aliphatic hydroxyl groups excluding tert-OH is 1. The maximum absolute atomic E-state index is 12.5. The van der Waals surface area contributed by atoms with Gasteiger partial charge in [-0.25, -0.2) is 4.79 Å². The molecule has 24 heavy (non-hydrogen) atoms. The van der Waals surface area contributed by atoms with Gasteiger partial charge in [0.2, 0.25) is 0 Å². The third-order valence-corrected chi connectivity index (χ3v) is 3.80. The Balaban J connectivity index is 2.38. The van der Waals surface area contributed by atoms with Gasteiger partial charge >= 0.3 is 5.97 Å². The summed E-state index contributed by atoms with van der Waals surface area (Å²) in [7, 11) is 1.26. The third-order valence-electron chi connectivity index (χ3n) is 3.56. The number of carbonyl (C=O) groups excluding carboxylic acids is 2. The molecule has 1 aromatic rings. The molecule has 1 amide bonds. The van der Waals surface area contributed by atoms with Gasteiger partial charge in [-0.3, -0.25) is 4.79 Å². The van der Waals surface area contributed by atoms with Crippen molar-refractivity contribution in [1.29, 1.82) is 0 Å². The van der Waals surface area contributed by atoms with Crippen molar-refractivity contribution in [3.8, 4) is 0 Å². The maximum Gasteiger partial charge on any atom is 0.337 e. The molecule has 2 rings (SSSR count). The van der Waals surface area contributed by atoms with E-state index in [0.717, 1.165) is 5.69 Å². The molecule has 130 valence electrons. The van der Waals surface area contributed by atoms with Gasteiger partial charge in [0, 0.05) is 18.1 Å². The minimum atomic E-state index is -0.585. The standard InChI is InChI=1S/C16H20ClN3O4/c1-3-18-12-5-4-10(17)8-13(12)19-14-11(16(23)24-2)9-20(6-7-21)15(14)22/h4-5,8,18-19,21H,3,6-7,9H2,1-2H3. The Bertz CT molecular complexity index is 675. The number of halogens is 1. The van der Waals surface area contributed by atoms with Gasteiger partial charge in [-0.05, 0) is 25.1 Å². The number of hydrogen-bond donors (Lipinski definition) is 3. The zero-order chi connectivity index (χ0) is 17.7. The van der Waals surface area contributed by atoms with Crippen LogP contribution in [0, 0.1) is 0 Å². The number of methoxy groups -OCH3 is 1. The lowest BCUT2D eigenvalue weighted by atomic mass is 10.2. The number of carbonyl (C=O) groups is 2. The molecule has 0 aliphatic carbocycles. The van der Waals surface area contributed by atoms with Crippen LogP contribution in [0.25, 0.3) is 0 Å². The summed E-state index contributed by atoms with van der Waals surface area (Å²) in [4.78, 5) is 25.9. The van der Waals surface area contributed by atoms with Gasteiger partial charge in [-0.1, -0.05) is 11.6 Å². The molecule has 3 N–H and O–H groups in total. The van der Waals surface area contributed by atoms with E-state index in [9.17, 15) is 9.59 Å². The van der Waals surface area contributed by atoms with E-state index < -0.39 is 5.97 Å². The molecule has 0 saturated carbocycles. The van der Waals surface area contributed by atoms with Crippen LogP contribution in [0.2, 0.25) is 5.02 Å². The minimum absolute atomic E-state index is 0.0888. The van der Waals surface area contributed by atoms with Crippen LogP contribution in [0.3, 0.4) is 0 Å². The van der Waals surface area contributed by atoms with Crippen LogP contribution in [0.1, 0.15) is 6.92 Å². The van der Waals surface area contributed by atoms with Crippen LogP contribution >= 0.6 is 11.6 Å².